The molecule has 0 aromatic heterocycles. The predicted molar refractivity (Wildman–Crippen MR) is 60.5 cm³/mol. The molecule has 6 heteroatoms. The Kier molecular flexibility index (Phi) is 6.61. The lowest BCUT2D eigenvalue weighted by molar-refractivity contribution is -0.125. The van der Waals surface area contributed by atoms with Crippen LogP contribution in [0.15, 0.2) is 37.0 Å². The van der Waals surface area contributed by atoms with Gasteiger partial charge in [-0.1, -0.05) is 6.08 Å². The Morgan fingerprint density at radius 2 is 1.00 bits per heavy atom. The van der Waals surface area contributed by atoms with Crippen LogP contribution < -0.4 is 10.6 Å². The van der Waals surface area contributed by atoms with Crippen LogP contribution >= 0.6 is 0 Å². The molecule has 0 bridgehead atoms. The number of imide groups is 2. The Morgan fingerprint density at radius 1 is 0.824 bits per heavy atom. The summed E-state index contributed by atoms with van der Waals surface area (Å²) in [5.74, 6) is -1.31. The van der Waals surface area contributed by atoms with Gasteiger partial charge in [0.2, 0.25) is 0 Å². The molecular formula is C11H12N2O4. The van der Waals surface area contributed by atoms with Crippen LogP contribution in [-0.4, -0.2) is 23.6 Å². The molecule has 2 aliphatic rings. The highest BCUT2D eigenvalue weighted by atomic mass is 16.2. The Bertz CT molecular complexity index is 340. The average molecular weight is 236 g/mol. The summed E-state index contributed by atoms with van der Waals surface area (Å²) in [5.41, 5.74) is 0. The molecule has 2 N–H and O–H groups in total. The van der Waals surface area contributed by atoms with Gasteiger partial charge < -0.3 is 0 Å². The summed E-state index contributed by atoms with van der Waals surface area (Å²) in [6, 6.07) is 0. The molecule has 90 valence electrons. The molecule has 0 aromatic rings. The van der Waals surface area contributed by atoms with Gasteiger partial charge in [0.05, 0.1) is 0 Å². The minimum atomic E-state index is -0.329. The van der Waals surface area contributed by atoms with E-state index in [1.807, 2.05) is 17.6 Å². The third-order valence-corrected chi connectivity index (χ3v) is 1.26. The summed E-state index contributed by atoms with van der Waals surface area (Å²) in [7, 11) is 0. The maximum atomic E-state index is 10.0. The minimum Gasteiger partial charge on any atom is -0.289 e. The normalized spacial score (nSPS) is 15.4. The maximum absolute atomic E-state index is 10.0. The van der Waals surface area contributed by atoms with Crippen molar-refractivity contribution < 1.29 is 19.2 Å². The van der Waals surface area contributed by atoms with Crippen LogP contribution in [0, 0.1) is 0 Å². The molecule has 0 unspecified atom stereocenters. The van der Waals surface area contributed by atoms with E-state index in [0.29, 0.717) is 0 Å². The molecular weight excluding hydrogens is 224 g/mol. The Balaban J connectivity index is 0.000000247. The zero-order valence-electron chi connectivity index (χ0n) is 9.23. The van der Waals surface area contributed by atoms with Crippen LogP contribution in [-0.2, 0) is 19.2 Å². The molecule has 0 aromatic carbocycles. The standard InChI is InChI=1S/2C4H3NO2.C3H6/c2*6-3-1-2-4(7)5-3;1-3-2/h2*1-2H,(H,5,6,7);3H,1H2,2H3. The summed E-state index contributed by atoms with van der Waals surface area (Å²) < 4.78 is 0. The molecule has 2 aliphatic heterocycles. The first kappa shape index (κ1) is 14.5. The van der Waals surface area contributed by atoms with Crippen LogP contribution in [0.1, 0.15) is 6.92 Å². The number of nitrogens with one attached hydrogen (secondary N) is 2. The van der Waals surface area contributed by atoms with Gasteiger partial charge >= 0.3 is 0 Å². The molecule has 0 aliphatic carbocycles. The number of allylic oxidation sites excluding steroid dienone is 1. The molecule has 17 heavy (non-hydrogen) atoms. The van der Waals surface area contributed by atoms with E-state index in [-0.39, 0.29) is 23.6 Å². The van der Waals surface area contributed by atoms with Crippen molar-refractivity contribution >= 4 is 23.6 Å². The smallest absolute Gasteiger partial charge is 0.250 e. The Morgan fingerprint density at radius 3 is 1.06 bits per heavy atom. The number of carbonyl (C=O) groups excluding carboxylic acids is 4. The molecule has 0 saturated heterocycles. The summed E-state index contributed by atoms with van der Waals surface area (Å²) in [6.45, 7) is 5.25. The van der Waals surface area contributed by atoms with Gasteiger partial charge in [0.15, 0.2) is 0 Å². The second-order valence-corrected chi connectivity index (χ2v) is 2.78. The van der Waals surface area contributed by atoms with Crippen molar-refractivity contribution in [2.45, 2.75) is 6.92 Å². The van der Waals surface area contributed by atoms with Crippen LogP contribution in [0.5, 0.6) is 0 Å². The number of hydrogen-bond donors (Lipinski definition) is 2. The zero-order chi connectivity index (χ0) is 13.3. The van der Waals surface area contributed by atoms with E-state index < -0.39 is 0 Å². The number of hydrogen-bond acceptors (Lipinski definition) is 4. The highest BCUT2D eigenvalue weighted by Gasteiger charge is 2.07. The SMILES string of the molecule is C=CC.O=C1C=CC(=O)N1.O=C1C=CC(=O)N1. The first-order valence-corrected chi connectivity index (χ1v) is 4.62. The first-order valence-electron chi connectivity index (χ1n) is 4.62. The monoisotopic (exact) mass is 236 g/mol. The Labute approximate surface area is 98.1 Å². The third kappa shape index (κ3) is 7.43. The number of rotatable bonds is 0. The van der Waals surface area contributed by atoms with E-state index in [0.717, 1.165) is 0 Å². The van der Waals surface area contributed by atoms with Crippen LogP contribution in [0.4, 0.5) is 0 Å². The van der Waals surface area contributed by atoms with E-state index in [1.54, 1.807) is 6.08 Å². The van der Waals surface area contributed by atoms with E-state index in [9.17, 15) is 19.2 Å². The molecule has 4 amide bonds. The molecule has 2 rings (SSSR count). The van der Waals surface area contributed by atoms with Gasteiger partial charge in [0, 0.05) is 24.3 Å². The fourth-order valence-corrected chi connectivity index (χ4v) is 0.712. The average Bonchev–Trinajstić information content (AvgIpc) is 2.78. The molecule has 0 spiro atoms. The fraction of sp³-hybridized carbons (Fsp3) is 0.0909. The Hall–Kier alpha value is -2.50. The quantitative estimate of drug-likeness (QED) is 0.441. The lowest BCUT2D eigenvalue weighted by atomic mass is 10.6. The van der Waals surface area contributed by atoms with Gasteiger partial charge in [-0.25, -0.2) is 0 Å². The maximum Gasteiger partial charge on any atom is 0.250 e. The number of amides is 4. The van der Waals surface area contributed by atoms with Gasteiger partial charge in [-0.15, -0.1) is 6.58 Å². The van der Waals surface area contributed by atoms with Gasteiger partial charge in [0.25, 0.3) is 23.6 Å². The second kappa shape index (κ2) is 7.75. The summed E-state index contributed by atoms with van der Waals surface area (Å²) in [6.07, 6.45) is 6.54. The second-order valence-electron chi connectivity index (χ2n) is 2.78. The van der Waals surface area contributed by atoms with Crippen molar-refractivity contribution in [1.82, 2.24) is 10.6 Å². The van der Waals surface area contributed by atoms with E-state index >= 15 is 0 Å². The molecule has 6 nitrogen and oxygen atoms in total. The molecule has 0 saturated carbocycles. The van der Waals surface area contributed by atoms with Crippen LogP contribution in [0.3, 0.4) is 0 Å². The van der Waals surface area contributed by atoms with E-state index in [1.165, 1.54) is 24.3 Å². The summed E-state index contributed by atoms with van der Waals surface area (Å²) in [4.78, 5) is 40.1. The van der Waals surface area contributed by atoms with E-state index in [2.05, 4.69) is 6.58 Å². The largest absolute Gasteiger partial charge is 0.289 e. The molecule has 0 atom stereocenters. The van der Waals surface area contributed by atoms with Crippen molar-refractivity contribution in [3.05, 3.63) is 37.0 Å². The van der Waals surface area contributed by atoms with Gasteiger partial charge in [-0.3, -0.25) is 29.8 Å². The predicted octanol–water partition coefficient (Wildman–Crippen LogP) is -0.410. The molecule has 0 fully saturated rings. The topological polar surface area (TPSA) is 92.3 Å². The number of carbonyl (C=O) groups is 4. The van der Waals surface area contributed by atoms with E-state index in [4.69, 9.17) is 0 Å². The van der Waals surface area contributed by atoms with Crippen LogP contribution in [0.25, 0.3) is 0 Å². The van der Waals surface area contributed by atoms with Crippen molar-refractivity contribution in [3.63, 3.8) is 0 Å². The molecule has 2 heterocycles. The van der Waals surface area contributed by atoms with Gasteiger partial charge in [-0.2, -0.15) is 0 Å². The highest BCUT2D eigenvalue weighted by molar-refractivity contribution is 6.13. The lowest BCUT2D eigenvalue weighted by Gasteiger charge is -1.80. The minimum absolute atomic E-state index is 0.329. The zero-order valence-corrected chi connectivity index (χ0v) is 9.23. The van der Waals surface area contributed by atoms with Crippen molar-refractivity contribution in [2.24, 2.45) is 0 Å². The van der Waals surface area contributed by atoms with Gasteiger partial charge in [0.1, 0.15) is 0 Å². The van der Waals surface area contributed by atoms with Crippen molar-refractivity contribution in [3.8, 4) is 0 Å². The van der Waals surface area contributed by atoms with Crippen LogP contribution in [0.2, 0.25) is 0 Å². The fourth-order valence-electron chi connectivity index (χ4n) is 0.712. The van der Waals surface area contributed by atoms with Crippen molar-refractivity contribution in [2.75, 3.05) is 0 Å². The molecule has 0 radical (unpaired) electrons. The third-order valence-electron chi connectivity index (χ3n) is 1.26. The first-order chi connectivity index (χ1) is 7.99. The lowest BCUT2D eigenvalue weighted by Crippen LogP contribution is -2.19. The highest BCUT2D eigenvalue weighted by Crippen LogP contribution is 1.83. The van der Waals surface area contributed by atoms with Gasteiger partial charge in [-0.05, 0) is 6.92 Å². The summed E-state index contributed by atoms with van der Waals surface area (Å²) in [5, 5.41) is 4.06. The van der Waals surface area contributed by atoms with Crippen molar-refractivity contribution in [1.29, 1.82) is 0 Å². The summed E-state index contributed by atoms with van der Waals surface area (Å²) >= 11 is 0.